The van der Waals surface area contributed by atoms with Gasteiger partial charge in [0.05, 0.1) is 6.42 Å². The number of rotatable bonds is 3. The van der Waals surface area contributed by atoms with Crippen molar-refractivity contribution in [3.63, 3.8) is 0 Å². The first-order valence-corrected chi connectivity index (χ1v) is 3.39. The Labute approximate surface area is 79.0 Å². The molecule has 9 heteroatoms. The van der Waals surface area contributed by atoms with E-state index in [1.54, 1.807) is 0 Å². The molecule has 1 atom stereocenters. The monoisotopic (exact) mass is 242 g/mol. The van der Waals surface area contributed by atoms with E-state index in [0.717, 1.165) is 0 Å². The molecule has 0 aliphatic rings. The molecule has 2 nitrogen and oxygen atoms in total. The fourth-order valence-corrected chi connectivity index (χ4v) is 0.698. The number of ether oxygens (including phenoxy) is 1. The first-order valence-electron chi connectivity index (χ1n) is 3.39. The molecule has 0 spiro atoms. The van der Waals surface area contributed by atoms with Crippen LogP contribution in [0.25, 0.3) is 0 Å². The third-order valence-corrected chi connectivity index (χ3v) is 1.18. The second-order valence-corrected chi connectivity index (χ2v) is 2.65. The van der Waals surface area contributed by atoms with Gasteiger partial charge in [0.25, 0.3) is 0 Å². The van der Waals surface area contributed by atoms with Crippen molar-refractivity contribution in [1.82, 2.24) is 0 Å². The second-order valence-electron chi connectivity index (χ2n) is 2.65. The van der Waals surface area contributed by atoms with E-state index in [1.807, 2.05) is 0 Å². The third kappa shape index (κ3) is 4.45. The van der Waals surface area contributed by atoms with Gasteiger partial charge in [-0.3, -0.25) is 4.79 Å². The average Bonchev–Trinajstić information content (AvgIpc) is 1.75. The first kappa shape index (κ1) is 14.1. The van der Waals surface area contributed by atoms with Crippen molar-refractivity contribution in [2.45, 2.75) is 31.7 Å². The Hall–Kier alpha value is -0.860. The molecule has 0 N–H and O–H groups in total. The summed E-state index contributed by atoms with van der Waals surface area (Å²) in [5.41, 5.74) is 0. The number of Topliss-reactive ketones (excluding diaryl/α,β-unsaturated/α-hetero) is 1. The molecule has 0 heterocycles. The van der Waals surface area contributed by atoms with Gasteiger partial charge in [0.15, 0.2) is 0 Å². The molecular weight excluding hydrogens is 237 g/mol. The highest BCUT2D eigenvalue weighted by molar-refractivity contribution is 5.76. The van der Waals surface area contributed by atoms with Crippen molar-refractivity contribution >= 4 is 5.78 Å². The molecule has 0 aliphatic heterocycles. The third-order valence-electron chi connectivity index (χ3n) is 1.18. The van der Waals surface area contributed by atoms with Crippen LogP contribution in [0.5, 0.6) is 0 Å². The van der Waals surface area contributed by atoms with E-state index >= 15 is 0 Å². The zero-order chi connectivity index (χ0) is 12.5. The zero-order valence-electron chi connectivity index (χ0n) is 7.17. The highest BCUT2D eigenvalue weighted by Gasteiger charge is 2.62. The average molecular weight is 242 g/mol. The van der Waals surface area contributed by atoms with Gasteiger partial charge in [-0.15, -0.1) is 13.2 Å². The summed E-state index contributed by atoms with van der Waals surface area (Å²) in [6.45, 7) is 0.514. The van der Waals surface area contributed by atoms with E-state index in [4.69, 9.17) is 0 Å². The van der Waals surface area contributed by atoms with Gasteiger partial charge in [-0.2, -0.15) is 13.2 Å². The molecule has 0 bridgehead atoms. The molecule has 0 aromatic heterocycles. The van der Waals surface area contributed by atoms with Crippen LogP contribution in [0, 0.1) is 0 Å². The maximum Gasteiger partial charge on any atom is 0.525 e. The molecule has 0 aromatic carbocycles. The van der Waals surface area contributed by atoms with Crippen LogP contribution < -0.4 is 0 Å². The number of halogens is 7. The topological polar surface area (TPSA) is 26.3 Å². The first-order chi connectivity index (χ1) is 6.37. The number of ketones is 1. The molecule has 0 saturated heterocycles. The van der Waals surface area contributed by atoms with Gasteiger partial charge in [0.2, 0.25) is 0 Å². The van der Waals surface area contributed by atoms with Gasteiger partial charge in [-0.05, 0) is 6.92 Å². The van der Waals surface area contributed by atoms with E-state index < -0.39 is 30.6 Å². The molecule has 15 heavy (non-hydrogen) atoms. The van der Waals surface area contributed by atoms with Gasteiger partial charge >= 0.3 is 18.4 Å². The predicted octanol–water partition coefficient (Wildman–Crippen LogP) is 2.73. The Morgan fingerprint density at radius 2 is 1.47 bits per heavy atom. The van der Waals surface area contributed by atoms with Gasteiger partial charge in [-0.1, -0.05) is 0 Å². The van der Waals surface area contributed by atoms with Gasteiger partial charge in [0, 0.05) is 0 Å². The molecule has 0 amide bonds. The Kier molecular flexibility index (Phi) is 3.72. The van der Waals surface area contributed by atoms with E-state index in [1.165, 1.54) is 0 Å². The van der Waals surface area contributed by atoms with Crippen LogP contribution in [-0.2, 0) is 9.53 Å². The number of carbonyl (C=O) groups excluding carboxylic acids is 1. The van der Waals surface area contributed by atoms with Crippen molar-refractivity contribution < 1.29 is 40.3 Å². The lowest BCUT2D eigenvalue weighted by Gasteiger charge is -2.27. The highest BCUT2D eigenvalue weighted by Crippen LogP contribution is 2.42. The summed E-state index contributed by atoms with van der Waals surface area (Å²) in [4.78, 5) is 10.2. The molecule has 0 aliphatic carbocycles. The van der Waals surface area contributed by atoms with Crippen molar-refractivity contribution in [3.8, 4) is 0 Å². The molecule has 0 radical (unpaired) electrons. The van der Waals surface area contributed by atoms with Crippen LogP contribution in [0.3, 0.4) is 0 Å². The Balaban J connectivity index is 4.96. The number of hydrogen-bond donors (Lipinski definition) is 0. The predicted molar refractivity (Wildman–Crippen MR) is 32.3 cm³/mol. The molecule has 0 rings (SSSR count). The maximum absolute atomic E-state index is 12.8. The minimum atomic E-state index is -5.94. The normalized spacial score (nSPS) is 17.3. The lowest BCUT2D eigenvalue weighted by atomic mass is 10.1. The lowest BCUT2D eigenvalue weighted by Crippen LogP contribution is -2.48. The molecule has 0 fully saturated rings. The summed E-state index contributed by atoms with van der Waals surface area (Å²) in [7, 11) is 0. The summed E-state index contributed by atoms with van der Waals surface area (Å²) >= 11 is 0. The van der Waals surface area contributed by atoms with Crippen LogP contribution in [0.4, 0.5) is 30.7 Å². The minimum Gasteiger partial charge on any atom is -0.300 e. The Morgan fingerprint density at radius 3 is 1.67 bits per heavy atom. The number of hydrogen-bond acceptors (Lipinski definition) is 2. The van der Waals surface area contributed by atoms with Crippen LogP contribution in [-0.4, -0.2) is 24.2 Å². The fourth-order valence-electron chi connectivity index (χ4n) is 0.698. The Bertz CT molecular complexity index is 243. The van der Waals surface area contributed by atoms with Crippen molar-refractivity contribution in [1.29, 1.82) is 0 Å². The number of alkyl halides is 7. The van der Waals surface area contributed by atoms with E-state index in [2.05, 4.69) is 4.74 Å². The standard InChI is InChI=1S/C6H5F7O2/c1-3(14)2-4(7,5(8,9)10)15-6(11,12)13/h2H2,1H3. The van der Waals surface area contributed by atoms with E-state index in [0.29, 0.717) is 6.92 Å². The van der Waals surface area contributed by atoms with Crippen molar-refractivity contribution in [2.75, 3.05) is 0 Å². The molecule has 0 saturated carbocycles. The van der Waals surface area contributed by atoms with Crippen LogP contribution in [0.1, 0.15) is 13.3 Å². The fraction of sp³-hybridized carbons (Fsp3) is 0.833. The Morgan fingerprint density at radius 1 is 1.07 bits per heavy atom. The lowest BCUT2D eigenvalue weighted by molar-refractivity contribution is -0.446. The SMILES string of the molecule is CC(=O)CC(F)(OC(F)(F)F)C(F)(F)F. The summed E-state index contributed by atoms with van der Waals surface area (Å²) in [6.07, 6.45) is -13.8. The van der Waals surface area contributed by atoms with Crippen LogP contribution >= 0.6 is 0 Å². The summed E-state index contributed by atoms with van der Waals surface area (Å²) in [6, 6.07) is 0. The minimum absolute atomic E-state index is 0.514. The van der Waals surface area contributed by atoms with Crippen molar-refractivity contribution in [3.05, 3.63) is 0 Å². The van der Waals surface area contributed by atoms with Crippen molar-refractivity contribution in [2.24, 2.45) is 0 Å². The quantitative estimate of drug-likeness (QED) is 0.711. The van der Waals surface area contributed by atoms with Gasteiger partial charge < -0.3 is 0 Å². The zero-order valence-corrected chi connectivity index (χ0v) is 7.17. The maximum atomic E-state index is 12.8. The smallest absolute Gasteiger partial charge is 0.300 e. The second kappa shape index (κ2) is 3.95. The molecular formula is C6H5F7O2. The van der Waals surface area contributed by atoms with Crippen LogP contribution in [0.2, 0.25) is 0 Å². The molecule has 1 unspecified atom stereocenters. The molecule has 90 valence electrons. The largest absolute Gasteiger partial charge is 0.525 e. The summed E-state index contributed by atoms with van der Waals surface area (Å²) < 4.78 is 84.9. The van der Waals surface area contributed by atoms with E-state index in [-0.39, 0.29) is 0 Å². The van der Waals surface area contributed by atoms with Gasteiger partial charge in [-0.25, -0.2) is 9.13 Å². The summed E-state index contributed by atoms with van der Waals surface area (Å²) in [5, 5.41) is 0. The van der Waals surface area contributed by atoms with E-state index in [9.17, 15) is 35.5 Å². The highest BCUT2D eigenvalue weighted by atomic mass is 19.4. The molecule has 0 aromatic rings. The number of carbonyl (C=O) groups is 1. The van der Waals surface area contributed by atoms with Gasteiger partial charge in [0.1, 0.15) is 5.78 Å². The van der Waals surface area contributed by atoms with Crippen LogP contribution in [0.15, 0.2) is 0 Å². The summed E-state index contributed by atoms with van der Waals surface area (Å²) in [5.74, 6) is -6.45.